The van der Waals surface area contributed by atoms with Gasteiger partial charge >= 0.3 is 0 Å². The molecule has 2 aromatic carbocycles. The fourth-order valence-corrected chi connectivity index (χ4v) is 5.62. The van der Waals surface area contributed by atoms with Crippen LogP contribution in [0.5, 0.6) is 0 Å². The van der Waals surface area contributed by atoms with Crippen molar-refractivity contribution in [1.82, 2.24) is 14.7 Å². The third kappa shape index (κ3) is 3.78. The van der Waals surface area contributed by atoms with Crippen molar-refractivity contribution < 1.29 is 4.79 Å². The lowest BCUT2D eigenvalue weighted by Crippen LogP contribution is -2.53. The van der Waals surface area contributed by atoms with E-state index in [-0.39, 0.29) is 11.9 Å². The third-order valence-electron chi connectivity index (χ3n) is 6.09. The van der Waals surface area contributed by atoms with E-state index in [0.29, 0.717) is 18.1 Å². The molecule has 1 atom stereocenters. The second-order valence-electron chi connectivity index (χ2n) is 8.44. The summed E-state index contributed by atoms with van der Waals surface area (Å²) in [6, 6.07) is 18.5. The molecule has 0 radical (unpaired) electrons. The molecule has 1 amide bonds. The molecule has 4 aromatic rings. The van der Waals surface area contributed by atoms with Crippen LogP contribution in [-0.4, -0.2) is 46.3 Å². The molecule has 1 saturated heterocycles. The highest BCUT2D eigenvalue weighted by Crippen LogP contribution is 2.35. The third-order valence-corrected chi connectivity index (χ3v) is 7.53. The molecule has 0 saturated carbocycles. The van der Waals surface area contributed by atoms with E-state index in [9.17, 15) is 4.79 Å². The lowest BCUT2D eigenvalue weighted by atomic mass is 10.1. The molecular formula is C25H25ClN4OS. The van der Waals surface area contributed by atoms with Gasteiger partial charge in [-0.3, -0.25) is 9.48 Å². The van der Waals surface area contributed by atoms with Gasteiger partial charge in [0.25, 0.3) is 5.91 Å². The largest absolute Gasteiger partial charge is 0.365 e. The number of hydrogen-bond acceptors (Lipinski definition) is 4. The van der Waals surface area contributed by atoms with Gasteiger partial charge in [0.2, 0.25) is 0 Å². The quantitative estimate of drug-likeness (QED) is 0.395. The van der Waals surface area contributed by atoms with E-state index in [1.54, 1.807) is 0 Å². The number of halogens is 1. The van der Waals surface area contributed by atoms with Crippen LogP contribution in [0.1, 0.15) is 22.2 Å². The average Bonchev–Trinajstić information content (AvgIpc) is 3.34. The number of thiophene rings is 1. The lowest BCUT2D eigenvalue weighted by molar-refractivity contribution is 0.0731. The van der Waals surface area contributed by atoms with Crippen molar-refractivity contribution in [2.24, 2.45) is 7.05 Å². The fraction of sp³-hybridized carbons (Fsp3) is 0.280. The first-order valence-electron chi connectivity index (χ1n) is 10.8. The Balaban J connectivity index is 1.38. The number of nitrogens with zero attached hydrogens (tertiary/aromatic N) is 4. The Morgan fingerprint density at radius 2 is 1.91 bits per heavy atom. The molecule has 2 aromatic heterocycles. The summed E-state index contributed by atoms with van der Waals surface area (Å²) in [5, 5.41) is 6.38. The Hall–Kier alpha value is -2.83. The van der Waals surface area contributed by atoms with E-state index < -0.39 is 0 Å². The van der Waals surface area contributed by atoms with E-state index in [1.165, 1.54) is 22.6 Å². The topological polar surface area (TPSA) is 41.4 Å². The summed E-state index contributed by atoms with van der Waals surface area (Å²) in [5.41, 5.74) is 4.36. The average molecular weight is 465 g/mol. The van der Waals surface area contributed by atoms with Crippen LogP contribution in [0.15, 0.2) is 54.6 Å². The van der Waals surface area contributed by atoms with Gasteiger partial charge in [-0.15, -0.1) is 11.3 Å². The molecule has 7 heteroatoms. The highest BCUT2D eigenvalue weighted by molar-refractivity contribution is 7.20. The minimum atomic E-state index is 0.101. The van der Waals surface area contributed by atoms with Crippen molar-refractivity contribution in [1.29, 1.82) is 0 Å². The van der Waals surface area contributed by atoms with Gasteiger partial charge in [-0.25, -0.2) is 0 Å². The summed E-state index contributed by atoms with van der Waals surface area (Å²) in [7, 11) is 1.93. The maximum Gasteiger partial charge on any atom is 0.264 e. The molecule has 1 aliphatic rings. The molecule has 3 heterocycles. The summed E-state index contributed by atoms with van der Waals surface area (Å²) in [6.07, 6.45) is 0. The zero-order valence-electron chi connectivity index (χ0n) is 18.4. The first-order chi connectivity index (χ1) is 15.4. The first kappa shape index (κ1) is 21.0. The van der Waals surface area contributed by atoms with Gasteiger partial charge in [0.15, 0.2) is 0 Å². The zero-order valence-corrected chi connectivity index (χ0v) is 20.0. The Morgan fingerprint density at radius 3 is 2.62 bits per heavy atom. The highest BCUT2D eigenvalue weighted by Gasteiger charge is 2.29. The molecule has 5 nitrogen and oxygen atoms in total. The van der Waals surface area contributed by atoms with E-state index in [1.807, 2.05) is 47.0 Å². The standard InChI is InChI=1S/C25H25ClN4OS/c1-16-5-4-6-20(13-16)30-12-11-29(15-17(30)2)24(31)22-14-21-23(27-28(3)25(21)32-22)18-7-9-19(26)10-8-18/h4-10,13-14,17H,11-12,15H2,1-3H3. The molecule has 0 spiro atoms. The zero-order chi connectivity index (χ0) is 22.4. The van der Waals surface area contributed by atoms with Crippen molar-refractivity contribution in [3.8, 4) is 11.3 Å². The number of aryl methyl sites for hydroxylation is 2. The molecular weight excluding hydrogens is 440 g/mol. The number of carbonyl (C=O) groups excluding carboxylic acids is 1. The van der Waals surface area contributed by atoms with Gasteiger partial charge < -0.3 is 9.80 Å². The first-order valence-corrected chi connectivity index (χ1v) is 12.0. The number of carbonyl (C=O) groups is 1. The Labute approximate surface area is 196 Å². The van der Waals surface area contributed by atoms with Crippen LogP contribution in [0, 0.1) is 6.92 Å². The highest BCUT2D eigenvalue weighted by atomic mass is 35.5. The predicted molar refractivity (Wildman–Crippen MR) is 133 cm³/mol. The van der Waals surface area contributed by atoms with Crippen LogP contribution in [0.4, 0.5) is 5.69 Å². The van der Waals surface area contributed by atoms with Gasteiger partial charge in [0, 0.05) is 54.4 Å². The number of fused-ring (bicyclic) bond motifs is 1. The van der Waals surface area contributed by atoms with Crippen molar-refractivity contribution in [3.63, 3.8) is 0 Å². The van der Waals surface area contributed by atoms with Crippen LogP contribution in [0.25, 0.3) is 21.5 Å². The van der Waals surface area contributed by atoms with Crippen molar-refractivity contribution in [2.45, 2.75) is 19.9 Å². The van der Waals surface area contributed by atoms with E-state index >= 15 is 0 Å². The maximum atomic E-state index is 13.4. The van der Waals surface area contributed by atoms with Gasteiger partial charge in [-0.2, -0.15) is 5.10 Å². The number of hydrogen-bond donors (Lipinski definition) is 0. The normalized spacial score (nSPS) is 16.7. The van der Waals surface area contributed by atoms with Crippen LogP contribution < -0.4 is 4.90 Å². The Bertz CT molecular complexity index is 1290. The molecule has 1 fully saturated rings. The number of rotatable bonds is 3. The Morgan fingerprint density at radius 1 is 1.12 bits per heavy atom. The molecule has 164 valence electrons. The molecule has 1 aliphatic heterocycles. The van der Waals surface area contributed by atoms with Crippen LogP contribution in [0.3, 0.4) is 0 Å². The number of aromatic nitrogens is 2. The lowest BCUT2D eigenvalue weighted by Gasteiger charge is -2.41. The predicted octanol–water partition coefficient (Wildman–Crippen LogP) is 5.61. The molecule has 1 unspecified atom stereocenters. The summed E-state index contributed by atoms with van der Waals surface area (Å²) in [6.45, 7) is 6.56. The smallest absolute Gasteiger partial charge is 0.264 e. The van der Waals surface area contributed by atoms with Crippen LogP contribution in [0.2, 0.25) is 5.02 Å². The minimum absolute atomic E-state index is 0.101. The van der Waals surface area contributed by atoms with Crippen LogP contribution >= 0.6 is 22.9 Å². The monoisotopic (exact) mass is 464 g/mol. The summed E-state index contributed by atoms with van der Waals surface area (Å²) >= 11 is 7.56. The van der Waals surface area contributed by atoms with Gasteiger partial charge in [0.1, 0.15) is 10.5 Å². The SMILES string of the molecule is Cc1cccc(N2CCN(C(=O)c3cc4c(-c5ccc(Cl)cc5)nn(C)c4s3)CC2C)c1. The van der Waals surface area contributed by atoms with E-state index in [4.69, 9.17) is 11.6 Å². The summed E-state index contributed by atoms with van der Waals surface area (Å²) < 4.78 is 1.86. The molecule has 5 rings (SSSR count). The molecule has 32 heavy (non-hydrogen) atoms. The van der Waals surface area contributed by atoms with E-state index in [2.05, 4.69) is 48.1 Å². The summed E-state index contributed by atoms with van der Waals surface area (Å²) in [4.78, 5) is 19.5. The number of piperazine rings is 1. The van der Waals surface area contributed by atoms with Crippen molar-refractivity contribution in [3.05, 3.63) is 70.1 Å². The molecule has 0 bridgehead atoms. The Kier molecular flexibility index (Phi) is 5.43. The summed E-state index contributed by atoms with van der Waals surface area (Å²) in [5.74, 6) is 0.101. The maximum absolute atomic E-state index is 13.4. The van der Waals surface area contributed by atoms with Gasteiger partial charge in [0.05, 0.1) is 4.88 Å². The van der Waals surface area contributed by atoms with Crippen molar-refractivity contribution in [2.75, 3.05) is 24.5 Å². The van der Waals surface area contributed by atoms with Gasteiger partial charge in [-0.05, 0) is 49.7 Å². The molecule has 0 N–H and O–H groups in total. The number of amides is 1. The van der Waals surface area contributed by atoms with Gasteiger partial charge in [-0.1, -0.05) is 35.9 Å². The fourth-order valence-electron chi connectivity index (χ4n) is 4.46. The van der Waals surface area contributed by atoms with Crippen molar-refractivity contribution >= 4 is 44.7 Å². The van der Waals surface area contributed by atoms with Crippen LogP contribution in [-0.2, 0) is 7.05 Å². The second-order valence-corrected chi connectivity index (χ2v) is 9.91. The number of benzene rings is 2. The van der Waals surface area contributed by atoms with E-state index in [0.717, 1.165) is 32.9 Å². The minimum Gasteiger partial charge on any atom is -0.365 e. The number of anilines is 1. The second kappa shape index (κ2) is 8.26. The molecule has 0 aliphatic carbocycles.